The predicted molar refractivity (Wildman–Crippen MR) is 154 cm³/mol. The number of nitrogens with zero attached hydrogens (tertiary/aromatic N) is 6. The highest BCUT2D eigenvalue weighted by atomic mass is 19.4. The molecule has 1 aliphatic heterocycles. The fourth-order valence-electron chi connectivity index (χ4n) is 5.21. The first kappa shape index (κ1) is 28.1. The summed E-state index contributed by atoms with van der Waals surface area (Å²) in [7, 11) is 3.80. The average Bonchev–Trinajstić information content (AvgIpc) is 3.50. The van der Waals surface area contributed by atoms with Crippen molar-refractivity contribution in [1.29, 1.82) is 0 Å². The first-order chi connectivity index (χ1) is 19.1. The van der Waals surface area contributed by atoms with Crippen LogP contribution in [-0.4, -0.2) is 67.8 Å². The molecule has 0 unspecified atom stereocenters. The van der Waals surface area contributed by atoms with Gasteiger partial charge in [0.15, 0.2) is 0 Å². The Morgan fingerprint density at radius 1 is 1.05 bits per heavy atom. The van der Waals surface area contributed by atoms with Gasteiger partial charge in [-0.15, -0.1) is 0 Å². The van der Waals surface area contributed by atoms with Gasteiger partial charge >= 0.3 is 6.18 Å². The second kappa shape index (κ2) is 10.5. The maximum atomic E-state index is 13.8. The van der Waals surface area contributed by atoms with Crippen molar-refractivity contribution in [1.82, 2.24) is 34.6 Å². The van der Waals surface area contributed by atoms with Gasteiger partial charge in [-0.1, -0.05) is 7.43 Å². The molecule has 1 atom stereocenters. The minimum absolute atomic E-state index is 0. The number of alkyl halides is 3. The third-order valence-electron chi connectivity index (χ3n) is 7.28. The maximum Gasteiger partial charge on any atom is 0.418 e. The number of likely N-dealkylation sites (N-methyl/N-ethyl adjacent to an activating group) is 1. The molecule has 10 nitrogen and oxygen atoms in total. The van der Waals surface area contributed by atoms with Gasteiger partial charge in [-0.05, 0) is 44.3 Å². The van der Waals surface area contributed by atoms with E-state index >= 15 is 0 Å². The van der Waals surface area contributed by atoms with E-state index in [2.05, 4.69) is 47.2 Å². The molecule has 3 N–H and O–H groups in total. The quantitative estimate of drug-likeness (QED) is 0.280. The molecule has 0 saturated carbocycles. The zero-order valence-electron chi connectivity index (χ0n) is 22.2. The number of aryl methyl sites for hydroxylation is 1. The molecule has 13 heteroatoms. The number of fused-ring (bicyclic) bond motifs is 2. The van der Waals surface area contributed by atoms with Crippen molar-refractivity contribution in [3.8, 4) is 11.4 Å². The number of imidazole rings is 1. The first-order valence-corrected chi connectivity index (χ1v) is 12.9. The predicted octanol–water partition coefficient (Wildman–Crippen LogP) is 4.78. The van der Waals surface area contributed by atoms with E-state index in [1.54, 1.807) is 20.2 Å². The molecule has 0 aliphatic carbocycles. The van der Waals surface area contributed by atoms with Gasteiger partial charge in [0.25, 0.3) is 5.56 Å². The normalized spacial score (nSPS) is 15.3. The number of H-pyrrole nitrogens is 2. The Hall–Kier alpha value is -4.39. The lowest BCUT2D eigenvalue weighted by Gasteiger charge is -2.34. The number of anilines is 2. The van der Waals surface area contributed by atoms with E-state index in [0.717, 1.165) is 43.4 Å². The molecule has 1 saturated heterocycles. The average molecular weight is 568 g/mol. The number of aromatic nitrogens is 6. The third-order valence-corrected chi connectivity index (χ3v) is 7.28. The number of hydrogen-bond acceptors (Lipinski definition) is 7. The standard InChI is InChI=1S/C27H28F3N9O.CH4/c1-15(22-17(27(28,29)30)5-4-8-31-22)32-24-21(26(40)35-20-14-38(3)36-23(20)24)25-33-18-7-6-16(13-19(18)34-25)39-11-9-37(2)10-12-39;/h4-8,13-15,32H,9-12H2,1-3H3,(H,33,34)(H,35,40);1H4/t15-;/m1./s1. The second-order valence-electron chi connectivity index (χ2n) is 10.1. The summed E-state index contributed by atoms with van der Waals surface area (Å²) in [6.07, 6.45) is -1.63. The molecule has 5 aromatic rings. The summed E-state index contributed by atoms with van der Waals surface area (Å²) in [6, 6.07) is 7.24. The van der Waals surface area contributed by atoms with Gasteiger partial charge in [-0.3, -0.25) is 14.5 Å². The molecule has 1 fully saturated rings. The fourth-order valence-corrected chi connectivity index (χ4v) is 5.21. The molecule has 216 valence electrons. The molecule has 0 amide bonds. The van der Waals surface area contributed by atoms with E-state index in [9.17, 15) is 18.0 Å². The zero-order valence-corrected chi connectivity index (χ0v) is 22.2. The number of rotatable bonds is 5. The van der Waals surface area contributed by atoms with E-state index in [1.807, 2.05) is 18.2 Å². The van der Waals surface area contributed by atoms with Crippen molar-refractivity contribution in [3.05, 3.63) is 64.3 Å². The van der Waals surface area contributed by atoms with Gasteiger partial charge in [0.05, 0.1) is 39.5 Å². The topological polar surface area (TPSA) is 111 Å². The van der Waals surface area contributed by atoms with Gasteiger partial charge in [-0.25, -0.2) is 4.98 Å². The van der Waals surface area contributed by atoms with Crippen LogP contribution in [0.3, 0.4) is 0 Å². The summed E-state index contributed by atoms with van der Waals surface area (Å²) in [5.74, 6) is 0.283. The van der Waals surface area contributed by atoms with Gasteiger partial charge in [0, 0.05) is 51.3 Å². The van der Waals surface area contributed by atoms with Crippen LogP contribution in [0.1, 0.15) is 31.6 Å². The van der Waals surface area contributed by atoms with Crippen molar-refractivity contribution < 1.29 is 13.2 Å². The van der Waals surface area contributed by atoms with Crippen LogP contribution in [0.2, 0.25) is 0 Å². The number of aromatic amines is 2. The third kappa shape index (κ3) is 5.24. The Labute approximate surface area is 234 Å². The summed E-state index contributed by atoms with van der Waals surface area (Å²) in [4.78, 5) is 32.8. The molecule has 0 radical (unpaired) electrons. The lowest BCUT2D eigenvalue weighted by Crippen LogP contribution is -2.44. The zero-order chi connectivity index (χ0) is 28.2. The Balaban J connectivity index is 0.00000337. The number of benzene rings is 1. The van der Waals surface area contributed by atoms with Crippen molar-refractivity contribution >= 4 is 33.4 Å². The molecule has 5 heterocycles. The minimum Gasteiger partial charge on any atom is -0.374 e. The maximum absolute atomic E-state index is 13.8. The summed E-state index contributed by atoms with van der Waals surface area (Å²) >= 11 is 0. The Morgan fingerprint density at radius 3 is 2.54 bits per heavy atom. The number of halogens is 3. The number of piperazine rings is 1. The molecule has 6 rings (SSSR count). The van der Waals surface area contributed by atoms with Crippen LogP contribution in [0.4, 0.5) is 24.5 Å². The summed E-state index contributed by atoms with van der Waals surface area (Å²) < 4.78 is 42.8. The molecule has 1 aromatic carbocycles. The Bertz CT molecular complexity index is 1760. The summed E-state index contributed by atoms with van der Waals surface area (Å²) in [6.45, 7) is 5.30. The molecular formula is C28H32F3N9O. The molecule has 4 aromatic heterocycles. The molecule has 0 bridgehead atoms. The smallest absolute Gasteiger partial charge is 0.374 e. The van der Waals surface area contributed by atoms with Crippen molar-refractivity contribution in [2.24, 2.45) is 7.05 Å². The number of pyridine rings is 2. The van der Waals surface area contributed by atoms with Crippen LogP contribution in [-0.2, 0) is 13.2 Å². The lowest BCUT2D eigenvalue weighted by molar-refractivity contribution is -0.138. The molecule has 1 aliphatic rings. The Morgan fingerprint density at radius 2 is 1.80 bits per heavy atom. The minimum atomic E-state index is -4.59. The van der Waals surface area contributed by atoms with Gasteiger partial charge in [0.1, 0.15) is 16.9 Å². The van der Waals surface area contributed by atoms with Crippen LogP contribution in [0.15, 0.2) is 47.5 Å². The molecule has 41 heavy (non-hydrogen) atoms. The first-order valence-electron chi connectivity index (χ1n) is 12.9. The number of nitrogens with one attached hydrogen (secondary N) is 3. The number of hydrogen-bond donors (Lipinski definition) is 3. The van der Waals surface area contributed by atoms with Crippen LogP contribution < -0.4 is 15.8 Å². The highest BCUT2D eigenvalue weighted by Crippen LogP contribution is 2.37. The van der Waals surface area contributed by atoms with Crippen LogP contribution in [0.5, 0.6) is 0 Å². The van der Waals surface area contributed by atoms with Crippen LogP contribution in [0.25, 0.3) is 33.5 Å². The summed E-state index contributed by atoms with van der Waals surface area (Å²) in [5.41, 5.74) is 2.22. The monoisotopic (exact) mass is 567 g/mol. The second-order valence-corrected chi connectivity index (χ2v) is 10.1. The van der Waals surface area contributed by atoms with Gasteiger partial charge in [-0.2, -0.15) is 18.3 Å². The Kier molecular flexibility index (Phi) is 7.24. The van der Waals surface area contributed by atoms with Crippen LogP contribution in [0, 0.1) is 0 Å². The van der Waals surface area contributed by atoms with E-state index in [1.165, 1.54) is 16.9 Å². The molecular weight excluding hydrogens is 535 g/mol. The SMILES string of the molecule is C.C[C@@H](Nc1c(-c2nc3ccc(N4CCN(C)CC4)cc3[nH]2)c(=O)[nH]c2cn(C)nc12)c1ncccc1C(F)(F)F. The molecule has 0 spiro atoms. The highest BCUT2D eigenvalue weighted by molar-refractivity contribution is 5.96. The van der Waals surface area contributed by atoms with Crippen molar-refractivity contribution in [2.75, 3.05) is 43.4 Å². The van der Waals surface area contributed by atoms with Crippen LogP contribution >= 0.6 is 0 Å². The van der Waals surface area contributed by atoms with E-state index in [-0.39, 0.29) is 30.2 Å². The van der Waals surface area contributed by atoms with Gasteiger partial charge in [0.2, 0.25) is 0 Å². The summed E-state index contributed by atoms with van der Waals surface area (Å²) in [5, 5.41) is 7.60. The van der Waals surface area contributed by atoms with Gasteiger partial charge < -0.3 is 25.1 Å². The lowest BCUT2D eigenvalue weighted by atomic mass is 10.1. The fraction of sp³-hybridized carbons (Fsp3) is 0.357. The van der Waals surface area contributed by atoms with Crippen molar-refractivity contribution in [2.45, 2.75) is 26.6 Å². The van der Waals surface area contributed by atoms with E-state index < -0.39 is 23.3 Å². The van der Waals surface area contributed by atoms with Crippen molar-refractivity contribution in [3.63, 3.8) is 0 Å². The largest absolute Gasteiger partial charge is 0.418 e. The van der Waals surface area contributed by atoms with E-state index in [0.29, 0.717) is 16.6 Å². The highest BCUT2D eigenvalue weighted by Gasteiger charge is 2.35. The van der Waals surface area contributed by atoms with E-state index in [4.69, 9.17) is 0 Å².